The van der Waals surface area contributed by atoms with Gasteiger partial charge in [-0.1, -0.05) is 246 Å². The van der Waals surface area contributed by atoms with Crippen LogP contribution in [0.15, 0.2) is 109 Å². The first-order chi connectivity index (χ1) is 36.0. The second-order valence-electron chi connectivity index (χ2n) is 19.8. The third-order valence-corrected chi connectivity index (χ3v) is 12.7. The zero-order valence-corrected chi connectivity index (χ0v) is 47.6. The maximum Gasteiger partial charge on any atom is 0.306 e. The van der Waals surface area contributed by atoms with Crippen molar-refractivity contribution in [3.05, 3.63) is 109 Å². The van der Waals surface area contributed by atoms with Crippen molar-refractivity contribution in [2.45, 2.75) is 284 Å². The number of carbonyl (C=O) groups excluding carboxylic acids is 3. The van der Waals surface area contributed by atoms with Crippen LogP contribution in [-0.4, -0.2) is 37.2 Å². The molecule has 73 heavy (non-hydrogen) atoms. The fraction of sp³-hybridized carbons (Fsp3) is 0.687. The maximum atomic E-state index is 12.9. The second-order valence-corrected chi connectivity index (χ2v) is 19.8. The number of hydrogen-bond donors (Lipinski definition) is 0. The minimum atomic E-state index is -0.807. The number of hydrogen-bond acceptors (Lipinski definition) is 6. The fourth-order valence-corrected chi connectivity index (χ4v) is 8.24. The van der Waals surface area contributed by atoms with Crippen LogP contribution in [0.2, 0.25) is 0 Å². The third-order valence-electron chi connectivity index (χ3n) is 12.7. The van der Waals surface area contributed by atoms with E-state index in [1.807, 2.05) is 0 Å². The standard InChI is InChI=1S/C67H112O6/c1-4-7-10-13-16-19-22-25-28-30-32-33-35-36-39-42-45-48-51-54-57-60-66(69)72-63-64(62-71-65(68)59-56-53-50-47-44-41-38-27-24-21-18-15-12-9-6-3)73-67(70)61-58-55-52-49-46-43-40-37-34-31-29-26-23-20-17-14-11-8-5-2/h8-9,11-12,17-18,20-21,26-27,29-30,32,34,37-38,44,47,64H,4-7,10,13-16,19,22-25,28,31,33,35-36,39-43,45-46,48-63H2,1-3H3/b11-8-,12-9-,20-17-,21-18-,29-26-,32-30-,37-34-,38-27-,47-44-. The normalized spacial score (nSPS) is 12.9. The molecule has 6 heteroatoms. The first kappa shape index (κ1) is 69.1. The number of rotatable bonds is 54. The van der Waals surface area contributed by atoms with Crippen molar-refractivity contribution in [1.29, 1.82) is 0 Å². The van der Waals surface area contributed by atoms with E-state index >= 15 is 0 Å². The summed E-state index contributed by atoms with van der Waals surface area (Å²) in [6, 6.07) is 0. The van der Waals surface area contributed by atoms with Crippen LogP contribution in [0, 0.1) is 0 Å². The van der Waals surface area contributed by atoms with E-state index < -0.39 is 6.10 Å². The lowest BCUT2D eigenvalue weighted by atomic mass is 10.1. The van der Waals surface area contributed by atoms with Crippen molar-refractivity contribution in [2.24, 2.45) is 0 Å². The summed E-state index contributed by atoms with van der Waals surface area (Å²) in [7, 11) is 0. The highest BCUT2D eigenvalue weighted by molar-refractivity contribution is 5.71. The highest BCUT2D eigenvalue weighted by atomic mass is 16.6. The number of allylic oxidation sites excluding steroid dienone is 18. The Morgan fingerprint density at radius 2 is 0.534 bits per heavy atom. The van der Waals surface area contributed by atoms with Crippen LogP contribution in [-0.2, 0) is 28.6 Å². The summed E-state index contributed by atoms with van der Waals surface area (Å²) in [4.78, 5) is 38.2. The summed E-state index contributed by atoms with van der Waals surface area (Å²) in [5.74, 6) is -0.955. The van der Waals surface area contributed by atoms with Gasteiger partial charge in [0.2, 0.25) is 0 Å². The molecule has 0 spiro atoms. The molecule has 1 atom stereocenters. The zero-order chi connectivity index (χ0) is 52.9. The molecule has 1 unspecified atom stereocenters. The van der Waals surface area contributed by atoms with Gasteiger partial charge in [-0.25, -0.2) is 0 Å². The predicted octanol–water partition coefficient (Wildman–Crippen LogP) is 20.7. The molecule has 0 aliphatic carbocycles. The van der Waals surface area contributed by atoms with Crippen LogP contribution in [0.25, 0.3) is 0 Å². The van der Waals surface area contributed by atoms with Crippen LogP contribution >= 0.6 is 0 Å². The summed E-state index contributed by atoms with van der Waals surface area (Å²) in [6.07, 6.45) is 82.3. The Bertz CT molecular complexity index is 1490. The molecule has 0 bridgehead atoms. The minimum absolute atomic E-state index is 0.0992. The van der Waals surface area contributed by atoms with Crippen LogP contribution in [0.3, 0.4) is 0 Å². The van der Waals surface area contributed by atoms with E-state index in [1.165, 1.54) is 116 Å². The first-order valence-electron chi connectivity index (χ1n) is 30.4. The average molecular weight is 1010 g/mol. The van der Waals surface area contributed by atoms with Gasteiger partial charge in [0, 0.05) is 19.3 Å². The maximum absolute atomic E-state index is 12.9. The van der Waals surface area contributed by atoms with Gasteiger partial charge in [-0.2, -0.15) is 0 Å². The van der Waals surface area contributed by atoms with E-state index in [0.29, 0.717) is 19.3 Å². The molecule has 0 aromatic carbocycles. The number of ether oxygens (including phenoxy) is 3. The second kappa shape index (κ2) is 60.6. The molecule has 0 aliphatic heterocycles. The molecule has 0 saturated carbocycles. The lowest BCUT2D eigenvalue weighted by Gasteiger charge is -2.18. The summed E-state index contributed by atoms with van der Waals surface area (Å²) in [6.45, 7) is 6.38. The Balaban J connectivity index is 4.44. The highest BCUT2D eigenvalue weighted by Crippen LogP contribution is 2.15. The van der Waals surface area contributed by atoms with Crippen LogP contribution in [0.1, 0.15) is 278 Å². The number of carbonyl (C=O) groups is 3. The minimum Gasteiger partial charge on any atom is -0.462 e. The molecule has 0 N–H and O–H groups in total. The highest BCUT2D eigenvalue weighted by Gasteiger charge is 2.19. The lowest BCUT2D eigenvalue weighted by molar-refractivity contribution is -0.167. The quantitative estimate of drug-likeness (QED) is 0.0261. The Morgan fingerprint density at radius 3 is 0.877 bits per heavy atom. The van der Waals surface area contributed by atoms with Crippen molar-refractivity contribution in [1.82, 2.24) is 0 Å². The molecule has 0 saturated heterocycles. The van der Waals surface area contributed by atoms with Gasteiger partial charge in [-0.3, -0.25) is 14.4 Å². The lowest BCUT2D eigenvalue weighted by Crippen LogP contribution is -2.30. The molecule has 0 heterocycles. The van der Waals surface area contributed by atoms with Gasteiger partial charge in [0.15, 0.2) is 6.10 Å². The number of esters is 3. The molecular weight excluding hydrogens is 901 g/mol. The smallest absolute Gasteiger partial charge is 0.306 e. The zero-order valence-electron chi connectivity index (χ0n) is 47.6. The van der Waals surface area contributed by atoms with Gasteiger partial charge in [0.25, 0.3) is 0 Å². The molecule has 416 valence electrons. The monoisotopic (exact) mass is 1010 g/mol. The Hall–Kier alpha value is -3.93. The molecule has 0 aliphatic rings. The molecular formula is C67H112O6. The van der Waals surface area contributed by atoms with E-state index in [1.54, 1.807) is 0 Å². The summed E-state index contributed by atoms with van der Waals surface area (Å²) in [5, 5.41) is 0. The van der Waals surface area contributed by atoms with Gasteiger partial charge in [0.1, 0.15) is 13.2 Å². The predicted molar refractivity (Wildman–Crippen MR) is 316 cm³/mol. The van der Waals surface area contributed by atoms with Gasteiger partial charge < -0.3 is 14.2 Å². The van der Waals surface area contributed by atoms with Crippen molar-refractivity contribution in [2.75, 3.05) is 13.2 Å². The molecule has 0 fully saturated rings. The van der Waals surface area contributed by atoms with Crippen LogP contribution in [0.4, 0.5) is 0 Å². The molecule has 0 rings (SSSR count). The Labute approximate surface area is 450 Å². The van der Waals surface area contributed by atoms with E-state index in [-0.39, 0.29) is 31.1 Å². The van der Waals surface area contributed by atoms with Gasteiger partial charge >= 0.3 is 17.9 Å². The molecule has 0 radical (unpaired) electrons. The Kier molecular flexibility index (Phi) is 57.4. The van der Waals surface area contributed by atoms with Crippen molar-refractivity contribution in [3.63, 3.8) is 0 Å². The van der Waals surface area contributed by atoms with Crippen LogP contribution in [0.5, 0.6) is 0 Å². The molecule has 6 nitrogen and oxygen atoms in total. The van der Waals surface area contributed by atoms with E-state index in [2.05, 4.69) is 130 Å². The topological polar surface area (TPSA) is 78.9 Å². The van der Waals surface area contributed by atoms with Gasteiger partial charge in [-0.05, 0) is 122 Å². The van der Waals surface area contributed by atoms with Gasteiger partial charge in [0.05, 0.1) is 0 Å². The number of unbranched alkanes of at least 4 members (excludes halogenated alkanes) is 25. The molecule has 0 aromatic heterocycles. The molecule has 0 amide bonds. The first-order valence-corrected chi connectivity index (χ1v) is 30.4. The van der Waals surface area contributed by atoms with Crippen molar-refractivity contribution >= 4 is 17.9 Å². The summed E-state index contributed by atoms with van der Waals surface area (Å²) in [5.41, 5.74) is 0. The summed E-state index contributed by atoms with van der Waals surface area (Å²) < 4.78 is 16.9. The summed E-state index contributed by atoms with van der Waals surface area (Å²) >= 11 is 0. The van der Waals surface area contributed by atoms with Crippen molar-refractivity contribution < 1.29 is 28.6 Å². The fourth-order valence-electron chi connectivity index (χ4n) is 8.24. The largest absolute Gasteiger partial charge is 0.462 e. The molecule has 0 aromatic rings. The average Bonchev–Trinajstić information content (AvgIpc) is 3.39. The van der Waals surface area contributed by atoms with Crippen LogP contribution < -0.4 is 0 Å². The SMILES string of the molecule is CC/C=C\C/C=C\C/C=C\C/C=C\CCCCCCCCC(=O)OC(COC(=O)CCCC/C=C\C/C=C\C/C=C\C/C=C\CC)COC(=O)CCCCCCCCCCC/C=C\CCCCCCCCCC. The Morgan fingerprint density at radius 1 is 0.288 bits per heavy atom. The van der Waals surface area contributed by atoms with E-state index in [0.717, 1.165) is 122 Å². The van der Waals surface area contributed by atoms with Gasteiger partial charge in [-0.15, -0.1) is 0 Å². The van der Waals surface area contributed by atoms with Crippen molar-refractivity contribution in [3.8, 4) is 0 Å². The third kappa shape index (κ3) is 58.8. The van der Waals surface area contributed by atoms with E-state index in [4.69, 9.17) is 14.2 Å². The van der Waals surface area contributed by atoms with E-state index in [9.17, 15) is 14.4 Å².